The average molecular weight is 338 g/mol. The first-order valence-corrected chi connectivity index (χ1v) is 8.05. The van der Waals surface area contributed by atoms with Crippen LogP contribution in [0.1, 0.15) is 8.30 Å². The number of aromatic nitrogens is 1. The van der Waals surface area contributed by atoms with E-state index in [1.54, 1.807) is 25.0 Å². The Hall–Kier alpha value is -2.95. The molecule has 2 aromatic carbocycles. The number of ether oxygens (including phenoxy) is 4. The quantitative estimate of drug-likeness (QED) is 0.673. The maximum atomic E-state index is 8.62. The summed E-state index contributed by atoms with van der Waals surface area (Å²) in [6.07, 6.45) is 2.05. The number of aryl methyl sites for hydroxylation is 2. The van der Waals surface area contributed by atoms with E-state index < -0.39 is 6.50 Å². The van der Waals surface area contributed by atoms with Crippen molar-refractivity contribution in [2.24, 2.45) is 0 Å². The lowest BCUT2D eigenvalue weighted by Gasteiger charge is -2.17. The molecule has 0 spiro atoms. The number of nitrogens with zero attached hydrogens (tertiary/aromatic N) is 1. The highest BCUT2D eigenvalue weighted by Crippen LogP contribution is 2.41. The molecule has 126 valence electrons. The van der Waals surface area contributed by atoms with Crippen molar-refractivity contribution in [1.82, 2.24) is 0 Å². The van der Waals surface area contributed by atoms with E-state index in [9.17, 15) is 0 Å². The molecule has 1 aromatic heterocycles. The molecule has 0 aliphatic carbocycles. The van der Waals surface area contributed by atoms with E-state index in [-0.39, 0.29) is 13.2 Å². The maximum Gasteiger partial charge on any atom is 0.231 e. The molecule has 2 aliphatic rings. The van der Waals surface area contributed by atoms with Crippen molar-refractivity contribution in [2.45, 2.75) is 12.9 Å². The fourth-order valence-electron chi connectivity index (χ4n) is 3.52. The summed E-state index contributed by atoms with van der Waals surface area (Å²) in [5.74, 6) is 2.57. The van der Waals surface area contributed by atoms with Crippen LogP contribution in [-0.2, 0) is 12.9 Å². The van der Waals surface area contributed by atoms with Crippen molar-refractivity contribution in [1.29, 1.82) is 0 Å². The molecule has 0 fully saturated rings. The predicted octanol–water partition coefficient (Wildman–Crippen LogP) is 3.10. The van der Waals surface area contributed by atoms with E-state index in [0.717, 1.165) is 27.6 Å². The van der Waals surface area contributed by atoms with Gasteiger partial charge in [-0.15, -0.1) is 0 Å². The molecule has 2 aliphatic heterocycles. The van der Waals surface area contributed by atoms with Gasteiger partial charge < -0.3 is 18.9 Å². The summed E-state index contributed by atoms with van der Waals surface area (Å²) in [5, 5.41) is 1.74. The molecular weight excluding hydrogens is 318 g/mol. The summed E-state index contributed by atoms with van der Waals surface area (Å²) < 4.78 is 40.8. The number of fused-ring (bicyclic) bond motifs is 5. The van der Waals surface area contributed by atoms with Crippen LogP contribution < -0.4 is 23.5 Å². The summed E-state index contributed by atoms with van der Waals surface area (Å²) >= 11 is 0. The third-order valence-corrected chi connectivity index (χ3v) is 4.74. The minimum atomic E-state index is -1.59. The van der Waals surface area contributed by atoms with E-state index in [4.69, 9.17) is 21.7 Å². The highest BCUT2D eigenvalue weighted by atomic mass is 16.7. The molecule has 0 atom stereocenters. The van der Waals surface area contributed by atoms with Gasteiger partial charge in [-0.25, -0.2) is 0 Å². The van der Waals surface area contributed by atoms with Crippen LogP contribution in [0.25, 0.3) is 22.0 Å². The Morgan fingerprint density at radius 1 is 1.08 bits per heavy atom. The van der Waals surface area contributed by atoms with Crippen molar-refractivity contribution in [3.05, 3.63) is 42.1 Å². The van der Waals surface area contributed by atoms with Gasteiger partial charge in [-0.1, -0.05) is 0 Å². The summed E-state index contributed by atoms with van der Waals surface area (Å²) in [5.41, 5.74) is 2.65. The van der Waals surface area contributed by atoms with Crippen LogP contribution >= 0.6 is 0 Å². The standard InChI is InChI=1S/C20H18NO4/c1-22-17-4-3-12-7-16-14-9-19-18(24-11-25-19)8-13(14)5-6-21(16)10-15(12)20(17)23-2/h3-4,7-10H,5-6,11H2,1-2H3/q+1/i6D2. The topological polar surface area (TPSA) is 40.8 Å². The molecule has 3 heterocycles. The zero-order valence-corrected chi connectivity index (χ0v) is 14.0. The summed E-state index contributed by atoms with van der Waals surface area (Å²) in [7, 11) is 3.18. The first-order chi connectivity index (χ1) is 13.0. The second kappa shape index (κ2) is 5.28. The molecule has 5 rings (SSSR count). The summed E-state index contributed by atoms with van der Waals surface area (Å²) in [6.45, 7) is -1.39. The molecule has 0 unspecified atom stereocenters. The third kappa shape index (κ3) is 2.05. The largest absolute Gasteiger partial charge is 0.493 e. The van der Waals surface area contributed by atoms with E-state index in [1.807, 2.05) is 30.3 Å². The molecule has 0 N–H and O–H groups in total. The molecule has 5 heteroatoms. The molecule has 5 nitrogen and oxygen atoms in total. The average Bonchev–Trinajstić information content (AvgIpc) is 3.11. The van der Waals surface area contributed by atoms with Crippen molar-refractivity contribution in [3.63, 3.8) is 0 Å². The van der Waals surface area contributed by atoms with Gasteiger partial charge in [-0.3, -0.25) is 0 Å². The minimum Gasteiger partial charge on any atom is -0.493 e. The van der Waals surface area contributed by atoms with Crippen molar-refractivity contribution >= 4 is 10.8 Å². The van der Waals surface area contributed by atoms with Crippen LogP contribution in [0.5, 0.6) is 23.0 Å². The van der Waals surface area contributed by atoms with E-state index in [1.165, 1.54) is 0 Å². The molecule has 25 heavy (non-hydrogen) atoms. The van der Waals surface area contributed by atoms with Gasteiger partial charge in [0.1, 0.15) is 2.74 Å². The van der Waals surface area contributed by atoms with Crippen molar-refractivity contribution < 1.29 is 26.3 Å². The Balaban J connectivity index is 1.82. The number of methoxy groups -OCH3 is 2. The molecular formula is C20H18NO4+. The van der Waals surface area contributed by atoms with Gasteiger partial charge >= 0.3 is 0 Å². The smallest absolute Gasteiger partial charge is 0.231 e. The Labute approximate surface area is 148 Å². The highest BCUT2D eigenvalue weighted by Gasteiger charge is 2.28. The zero-order valence-electron chi connectivity index (χ0n) is 16.0. The van der Waals surface area contributed by atoms with Gasteiger partial charge in [0, 0.05) is 12.5 Å². The molecule has 0 radical (unpaired) electrons. The first-order valence-electron chi connectivity index (χ1n) is 9.05. The van der Waals surface area contributed by atoms with Crippen LogP contribution in [0.4, 0.5) is 0 Å². The van der Waals surface area contributed by atoms with Crippen LogP contribution in [0, 0.1) is 0 Å². The highest BCUT2D eigenvalue weighted by molar-refractivity contribution is 5.91. The second-order valence-corrected chi connectivity index (χ2v) is 6.03. The fourth-order valence-corrected chi connectivity index (χ4v) is 3.52. The van der Waals surface area contributed by atoms with Gasteiger partial charge in [0.05, 0.1) is 25.2 Å². The Morgan fingerprint density at radius 2 is 1.92 bits per heavy atom. The number of rotatable bonds is 2. The van der Waals surface area contributed by atoms with Gasteiger partial charge in [-0.05, 0) is 35.2 Å². The lowest BCUT2D eigenvalue weighted by atomic mass is 9.95. The van der Waals surface area contributed by atoms with Crippen LogP contribution in [-0.4, -0.2) is 21.0 Å². The van der Waals surface area contributed by atoms with Crippen LogP contribution in [0.15, 0.2) is 36.5 Å². The van der Waals surface area contributed by atoms with Crippen molar-refractivity contribution in [3.8, 4) is 34.3 Å². The molecule has 0 bridgehead atoms. The summed E-state index contributed by atoms with van der Waals surface area (Å²) in [4.78, 5) is 0. The molecule has 0 saturated heterocycles. The van der Waals surface area contributed by atoms with Gasteiger partial charge in [0.25, 0.3) is 0 Å². The van der Waals surface area contributed by atoms with Gasteiger partial charge in [-0.2, -0.15) is 4.57 Å². The molecule has 3 aromatic rings. The van der Waals surface area contributed by atoms with E-state index >= 15 is 0 Å². The lowest BCUT2D eigenvalue weighted by Crippen LogP contribution is -2.40. The number of hydrogen-bond acceptors (Lipinski definition) is 4. The SMILES string of the molecule is [2H]C1([2H])Cc2cc3c(cc2-c2cc4ccc(OC)c(OC)c4c[n+]21)OCO3. The summed E-state index contributed by atoms with van der Waals surface area (Å²) in [6, 6.07) is 9.61. The van der Waals surface area contributed by atoms with E-state index in [2.05, 4.69) is 0 Å². The normalized spacial score (nSPS) is 17.4. The second-order valence-electron chi connectivity index (χ2n) is 6.03. The predicted molar refractivity (Wildman–Crippen MR) is 92.5 cm³/mol. The monoisotopic (exact) mass is 338 g/mol. The lowest BCUT2D eigenvalue weighted by molar-refractivity contribution is -0.686. The van der Waals surface area contributed by atoms with Crippen LogP contribution in [0.3, 0.4) is 0 Å². The molecule has 0 amide bonds. The maximum absolute atomic E-state index is 8.62. The first kappa shape index (κ1) is 12.4. The minimum absolute atomic E-state index is 0.194. The zero-order chi connectivity index (χ0) is 18.8. The number of benzene rings is 2. The van der Waals surface area contributed by atoms with E-state index in [0.29, 0.717) is 23.0 Å². The Kier molecular flexibility index (Phi) is 2.62. The van der Waals surface area contributed by atoms with Gasteiger partial charge in [0.2, 0.25) is 12.5 Å². The number of hydrogen-bond donors (Lipinski definition) is 0. The Bertz CT molecular complexity index is 1100. The van der Waals surface area contributed by atoms with Gasteiger partial charge in [0.15, 0.2) is 35.7 Å². The van der Waals surface area contributed by atoms with Crippen LogP contribution in [0.2, 0.25) is 0 Å². The Morgan fingerprint density at radius 3 is 2.72 bits per heavy atom. The fraction of sp³-hybridized carbons (Fsp3) is 0.250. The van der Waals surface area contributed by atoms with Crippen molar-refractivity contribution in [2.75, 3.05) is 21.0 Å². The third-order valence-electron chi connectivity index (χ3n) is 4.74. The molecule has 0 saturated carbocycles. The number of pyridine rings is 1.